The Morgan fingerprint density at radius 3 is 2.10 bits per heavy atom. The molecule has 3 aromatic carbocycles. The average molecular weight is 405 g/mol. The van der Waals surface area contributed by atoms with Crippen molar-refractivity contribution in [2.45, 2.75) is 25.3 Å². The zero-order valence-corrected chi connectivity index (χ0v) is 16.8. The third kappa shape index (κ3) is 3.20. The van der Waals surface area contributed by atoms with Crippen molar-refractivity contribution >= 4 is 21.6 Å². The van der Waals surface area contributed by atoms with Crippen LogP contribution in [-0.2, 0) is 16.6 Å². The smallest absolute Gasteiger partial charge is 0.241 e. The molecule has 5 nitrogen and oxygen atoms in total. The fourth-order valence-corrected chi connectivity index (χ4v) is 4.82. The number of carbonyl (C=O) groups excluding carboxylic acids is 2. The molecule has 0 unspecified atom stereocenters. The predicted octanol–water partition coefficient (Wildman–Crippen LogP) is 3.56. The number of ketones is 2. The number of sulfonamides is 1. The molecular formula is C23H19NO4S. The van der Waals surface area contributed by atoms with Crippen molar-refractivity contribution in [1.82, 2.24) is 4.72 Å². The molecule has 4 rings (SSSR count). The second-order valence-electron chi connectivity index (χ2n) is 7.07. The molecule has 1 aliphatic rings. The summed E-state index contributed by atoms with van der Waals surface area (Å²) < 4.78 is 28.7. The number of nitrogens with one attached hydrogen (secondary N) is 1. The van der Waals surface area contributed by atoms with Gasteiger partial charge in [0, 0.05) is 23.2 Å². The first-order valence-corrected chi connectivity index (χ1v) is 10.7. The predicted molar refractivity (Wildman–Crippen MR) is 110 cm³/mol. The van der Waals surface area contributed by atoms with E-state index in [0.29, 0.717) is 5.56 Å². The van der Waals surface area contributed by atoms with Crippen LogP contribution in [0.15, 0.2) is 65.6 Å². The number of hydrogen-bond donors (Lipinski definition) is 1. The Balaban J connectivity index is 1.76. The highest BCUT2D eigenvalue weighted by Crippen LogP contribution is 2.31. The quantitative estimate of drug-likeness (QED) is 0.563. The summed E-state index contributed by atoms with van der Waals surface area (Å²) in [5.41, 5.74) is 3.49. The molecule has 3 aromatic rings. The van der Waals surface area contributed by atoms with Gasteiger partial charge in [0.1, 0.15) is 0 Å². The van der Waals surface area contributed by atoms with Crippen molar-refractivity contribution in [2.24, 2.45) is 0 Å². The van der Waals surface area contributed by atoms with Gasteiger partial charge in [0.05, 0.1) is 10.5 Å². The molecule has 0 radical (unpaired) electrons. The van der Waals surface area contributed by atoms with Crippen LogP contribution in [0.4, 0.5) is 0 Å². The number of rotatable bonds is 4. The van der Waals surface area contributed by atoms with Crippen molar-refractivity contribution < 1.29 is 18.0 Å². The van der Waals surface area contributed by atoms with Gasteiger partial charge in [-0.1, -0.05) is 54.6 Å². The summed E-state index contributed by atoms with van der Waals surface area (Å²) in [6.45, 7) is 3.99. The molecule has 0 heterocycles. The van der Waals surface area contributed by atoms with E-state index in [1.165, 1.54) is 18.2 Å². The summed E-state index contributed by atoms with van der Waals surface area (Å²) in [4.78, 5) is 25.7. The Morgan fingerprint density at radius 1 is 0.759 bits per heavy atom. The SMILES string of the molecule is Cc1cccc(CNS(=O)(=O)c2cccc3c2C(=O)c2ccccc2C3=O)c1C. The number of hydrogen-bond acceptors (Lipinski definition) is 4. The highest BCUT2D eigenvalue weighted by molar-refractivity contribution is 7.89. The monoisotopic (exact) mass is 405 g/mol. The lowest BCUT2D eigenvalue weighted by molar-refractivity contribution is 0.0976. The summed E-state index contributed by atoms with van der Waals surface area (Å²) >= 11 is 0. The van der Waals surface area contributed by atoms with Crippen molar-refractivity contribution in [1.29, 1.82) is 0 Å². The van der Waals surface area contributed by atoms with Crippen LogP contribution in [0.2, 0.25) is 0 Å². The highest BCUT2D eigenvalue weighted by Gasteiger charge is 2.34. The van der Waals surface area contributed by atoms with Gasteiger partial charge in [0.2, 0.25) is 10.0 Å². The van der Waals surface area contributed by atoms with Crippen LogP contribution in [0.5, 0.6) is 0 Å². The normalized spacial score (nSPS) is 13.2. The van der Waals surface area contributed by atoms with E-state index in [-0.39, 0.29) is 33.9 Å². The van der Waals surface area contributed by atoms with Gasteiger partial charge in [-0.2, -0.15) is 0 Å². The van der Waals surface area contributed by atoms with E-state index < -0.39 is 15.8 Å². The van der Waals surface area contributed by atoms with Crippen LogP contribution in [0.1, 0.15) is 48.5 Å². The first-order chi connectivity index (χ1) is 13.8. The van der Waals surface area contributed by atoms with Gasteiger partial charge < -0.3 is 0 Å². The molecule has 1 N–H and O–H groups in total. The van der Waals surface area contributed by atoms with Gasteiger partial charge >= 0.3 is 0 Å². The Hall–Kier alpha value is -3.09. The van der Waals surface area contributed by atoms with Crippen molar-refractivity contribution in [3.05, 3.63) is 99.6 Å². The van der Waals surface area contributed by atoms with Gasteiger partial charge in [-0.15, -0.1) is 0 Å². The molecule has 0 bridgehead atoms. The number of benzene rings is 3. The van der Waals surface area contributed by atoms with Crippen LogP contribution in [0, 0.1) is 13.8 Å². The third-order valence-electron chi connectivity index (χ3n) is 5.37. The molecule has 6 heteroatoms. The molecule has 29 heavy (non-hydrogen) atoms. The van der Waals surface area contributed by atoms with Gasteiger partial charge in [-0.3, -0.25) is 9.59 Å². The van der Waals surface area contributed by atoms with Crippen LogP contribution < -0.4 is 4.72 Å². The van der Waals surface area contributed by atoms with Gasteiger partial charge in [-0.25, -0.2) is 13.1 Å². The Kier molecular flexibility index (Phi) is 4.68. The zero-order valence-electron chi connectivity index (χ0n) is 16.0. The maximum atomic E-state index is 13.1. The molecule has 1 aliphatic carbocycles. The maximum absolute atomic E-state index is 13.1. The fourth-order valence-electron chi connectivity index (χ4n) is 3.59. The minimum atomic E-state index is -4.01. The van der Waals surface area contributed by atoms with Gasteiger partial charge in [-0.05, 0) is 36.6 Å². The molecule has 146 valence electrons. The number of aryl methyl sites for hydroxylation is 1. The average Bonchev–Trinajstić information content (AvgIpc) is 2.72. The second-order valence-corrected chi connectivity index (χ2v) is 8.80. The van der Waals surface area contributed by atoms with Crippen LogP contribution in [0.25, 0.3) is 0 Å². The van der Waals surface area contributed by atoms with E-state index >= 15 is 0 Å². The third-order valence-corrected chi connectivity index (χ3v) is 6.82. The lowest BCUT2D eigenvalue weighted by atomic mass is 9.84. The summed E-state index contributed by atoms with van der Waals surface area (Å²) in [6, 6.07) is 16.5. The van der Waals surface area contributed by atoms with Gasteiger partial charge in [0.15, 0.2) is 11.6 Å². The fraction of sp³-hybridized carbons (Fsp3) is 0.130. The molecule has 0 aromatic heterocycles. The topological polar surface area (TPSA) is 80.3 Å². The maximum Gasteiger partial charge on any atom is 0.241 e. The zero-order chi connectivity index (χ0) is 20.8. The second kappa shape index (κ2) is 7.06. The summed E-state index contributed by atoms with van der Waals surface area (Å²) in [7, 11) is -4.01. The molecule has 0 saturated heterocycles. The Morgan fingerprint density at radius 2 is 1.38 bits per heavy atom. The van der Waals surface area contributed by atoms with Crippen molar-refractivity contribution in [2.75, 3.05) is 0 Å². The van der Waals surface area contributed by atoms with E-state index in [1.54, 1.807) is 24.3 Å². The molecule has 0 saturated carbocycles. The molecule has 0 atom stereocenters. The van der Waals surface area contributed by atoms with Crippen molar-refractivity contribution in [3.8, 4) is 0 Å². The first kappa shape index (κ1) is 19.2. The molecular weight excluding hydrogens is 386 g/mol. The highest BCUT2D eigenvalue weighted by atomic mass is 32.2. The lowest BCUT2D eigenvalue weighted by Crippen LogP contribution is -2.29. The Labute approximate surface area is 169 Å². The minimum Gasteiger partial charge on any atom is -0.289 e. The first-order valence-electron chi connectivity index (χ1n) is 9.17. The van der Waals surface area contributed by atoms with Crippen LogP contribution in [-0.4, -0.2) is 20.0 Å². The van der Waals surface area contributed by atoms with E-state index in [2.05, 4.69) is 4.72 Å². The largest absolute Gasteiger partial charge is 0.289 e. The van der Waals surface area contributed by atoms with Gasteiger partial charge in [0.25, 0.3) is 0 Å². The molecule has 0 amide bonds. The Bertz CT molecular complexity index is 1280. The lowest BCUT2D eigenvalue weighted by Gasteiger charge is -2.20. The van der Waals surface area contributed by atoms with Crippen LogP contribution >= 0.6 is 0 Å². The summed E-state index contributed by atoms with van der Waals surface area (Å²) in [5.74, 6) is -0.801. The van der Waals surface area contributed by atoms with E-state index in [1.807, 2.05) is 32.0 Å². The molecule has 0 aliphatic heterocycles. The summed E-state index contributed by atoms with van der Waals surface area (Å²) in [5, 5.41) is 0. The minimum absolute atomic E-state index is 0.0651. The van der Waals surface area contributed by atoms with E-state index in [9.17, 15) is 18.0 Å². The van der Waals surface area contributed by atoms with Crippen molar-refractivity contribution in [3.63, 3.8) is 0 Å². The van der Waals surface area contributed by atoms with Crippen LogP contribution in [0.3, 0.4) is 0 Å². The number of fused-ring (bicyclic) bond motifs is 2. The van der Waals surface area contributed by atoms with E-state index in [0.717, 1.165) is 16.7 Å². The molecule has 0 spiro atoms. The standard InChI is InChI=1S/C23H19NO4S/c1-14-7-5-8-16(15(14)2)13-24-29(27,28)20-12-6-11-19-21(20)23(26)18-10-4-3-9-17(18)22(19)25/h3-12,24H,13H2,1-2H3. The molecule has 0 fully saturated rings. The summed E-state index contributed by atoms with van der Waals surface area (Å²) in [6.07, 6.45) is 0. The number of carbonyl (C=O) groups is 2. The van der Waals surface area contributed by atoms with E-state index in [4.69, 9.17) is 0 Å².